The summed E-state index contributed by atoms with van der Waals surface area (Å²) in [5.74, 6) is 1.33. The van der Waals surface area contributed by atoms with E-state index in [1.54, 1.807) is 0 Å². The van der Waals surface area contributed by atoms with Gasteiger partial charge in [0.1, 0.15) is 0 Å². The van der Waals surface area contributed by atoms with Crippen LogP contribution in [0, 0.1) is 6.92 Å². The van der Waals surface area contributed by atoms with Gasteiger partial charge < -0.3 is 9.84 Å². The van der Waals surface area contributed by atoms with E-state index in [-0.39, 0.29) is 0 Å². The Kier molecular flexibility index (Phi) is 5.31. The van der Waals surface area contributed by atoms with Crippen LogP contribution in [0.15, 0.2) is 27.2 Å². The molecule has 0 amide bonds. The maximum atomic E-state index is 5.32. The first-order chi connectivity index (χ1) is 9.60. The standard InChI is InChI=1S/C15H20BrN3O/c1-4-17-11(3)6-8-14-18-15(19-20-14)12-7-5-10(2)9-13(12)16/h5,7,9,11,17H,4,6,8H2,1-3H3. The number of nitrogens with one attached hydrogen (secondary N) is 1. The van der Waals surface area contributed by atoms with E-state index in [9.17, 15) is 0 Å². The molecule has 20 heavy (non-hydrogen) atoms. The minimum atomic E-state index is 0.460. The van der Waals surface area contributed by atoms with Crippen LogP contribution in [-0.4, -0.2) is 22.7 Å². The van der Waals surface area contributed by atoms with Gasteiger partial charge in [0.25, 0.3) is 0 Å². The Balaban J connectivity index is 2.05. The molecule has 1 N–H and O–H groups in total. The molecule has 0 fully saturated rings. The number of hydrogen-bond acceptors (Lipinski definition) is 4. The number of rotatable bonds is 6. The molecule has 1 unspecified atom stereocenters. The zero-order valence-corrected chi connectivity index (χ0v) is 13.7. The first-order valence-electron chi connectivity index (χ1n) is 6.92. The molecule has 0 aliphatic heterocycles. The molecule has 0 aliphatic rings. The Hall–Kier alpha value is -1.20. The minimum Gasteiger partial charge on any atom is -0.339 e. The molecule has 1 aromatic heterocycles. The Labute approximate surface area is 128 Å². The molecule has 2 aromatic rings. The zero-order valence-electron chi connectivity index (χ0n) is 12.1. The van der Waals surface area contributed by atoms with Crippen LogP contribution in [0.2, 0.25) is 0 Å². The average Bonchev–Trinajstić information content (AvgIpc) is 2.85. The second-order valence-electron chi connectivity index (χ2n) is 4.99. The van der Waals surface area contributed by atoms with Crippen molar-refractivity contribution in [3.05, 3.63) is 34.1 Å². The number of halogens is 1. The van der Waals surface area contributed by atoms with E-state index in [0.717, 1.165) is 29.4 Å². The van der Waals surface area contributed by atoms with E-state index < -0.39 is 0 Å². The van der Waals surface area contributed by atoms with E-state index in [2.05, 4.69) is 58.2 Å². The van der Waals surface area contributed by atoms with Crippen LogP contribution in [0.4, 0.5) is 0 Å². The van der Waals surface area contributed by atoms with Crippen molar-refractivity contribution < 1.29 is 4.52 Å². The van der Waals surface area contributed by atoms with Gasteiger partial charge in [-0.3, -0.25) is 0 Å². The van der Waals surface area contributed by atoms with Crippen molar-refractivity contribution in [1.82, 2.24) is 15.5 Å². The first kappa shape index (κ1) is 15.2. The lowest BCUT2D eigenvalue weighted by Crippen LogP contribution is -2.25. The van der Waals surface area contributed by atoms with E-state index in [1.807, 2.05) is 12.1 Å². The monoisotopic (exact) mass is 337 g/mol. The highest BCUT2D eigenvalue weighted by Crippen LogP contribution is 2.27. The fourth-order valence-corrected chi connectivity index (χ4v) is 2.73. The molecule has 5 heteroatoms. The van der Waals surface area contributed by atoms with Crippen molar-refractivity contribution in [3.8, 4) is 11.4 Å². The fourth-order valence-electron chi connectivity index (χ4n) is 2.06. The van der Waals surface area contributed by atoms with Gasteiger partial charge in [0.05, 0.1) is 0 Å². The third kappa shape index (κ3) is 3.90. The summed E-state index contributed by atoms with van der Waals surface area (Å²) < 4.78 is 6.31. The maximum Gasteiger partial charge on any atom is 0.227 e. The molecule has 0 spiro atoms. The van der Waals surface area contributed by atoms with Crippen molar-refractivity contribution in [2.24, 2.45) is 0 Å². The van der Waals surface area contributed by atoms with Crippen LogP contribution in [0.3, 0.4) is 0 Å². The van der Waals surface area contributed by atoms with Gasteiger partial charge in [0.2, 0.25) is 11.7 Å². The largest absolute Gasteiger partial charge is 0.339 e. The van der Waals surface area contributed by atoms with Crippen molar-refractivity contribution in [2.45, 2.75) is 39.7 Å². The quantitative estimate of drug-likeness (QED) is 0.872. The first-order valence-corrected chi connectivity index (χ1v) is 7.72. The number of aryl methyl sites for hydroxylation is 2. The third-order valence-electron chi connectivity index (χ3n) is 3.18. The van der Waals surface area contributed by atoms with Gasteiger partial charge in [-0.1, -0.05) is 34.1 Å². The Bertz CT molecular complexity index is 568. The number of aromatic nitrogens is 2. The van der Waals surface area contributed by atoms with Crippen LogP contribution in [0.25, 0.3) is 11.4 Å². The fraction of sp³-hybridized carbons (Fsp3) is 0.467. The van der Waals surface area contributed by atoms with Crippen LogP contribution >= 0.6 is 15.9 Å². The topological polar surface area (TPSA) is 51.0 Å². The van der Waals surface area contributed by atoms with Crippen molar-refractivity contribution in [3.63, 3.8) is 0 Å². The zero-order chi connectivity index (χ0) is 14.5. The lowest BCUT2D eigenvalue weighted by atomic mass is 10.1. The molecule has 0 bridgehead atoms. The van der Waals surface area contributed by atoms with E-state index in [4.69, 9.17) is 4.52 Å². The second kappa shape index (κ2) is 6.99. The maximum absolute atomic E-state index is 5.32. The van der Waals surface area contributed by atoms with E-state index in [1.165, 1.54) is 5.56 Å². The van der Waals surface area contributed by atoms with Crippen molar-refractivity contribution in [2.75, 3.05) is 6.54 Å². The SMILES string of the molecule is CCNC(C)CCc1nc(-c2ccc(C)cc2Br)no1. The summed E-state index contributed by atoms with van der Waals surface area (Å²) in [4.78, 5) is 4.47. The molecule has 1 heterocycles. The molecular formula is C15H20BrN3O. The van der Waals surface area contributed by atoms with Gasteiger partial charge in [-0.25, -0.2) is 0 Å². The Morgan fingerprint density at radius 2 is 2.20 bits per heavy atom. The lowest BCUT2D eigenvalue weighted by Gasteiger charge is -2.09. The molecule has 0 radical (unpaired) electrons. The number of nitrogens with zero attached hydrogens (tertiary/aromatic N) is 2. The molecule has 0 saturated carbocycles. The van der Waals surface area contributed by atoms with E-state index in [0.29, 0.717) is 17.8 Å². The highest BCUT2D eigenvalue weighted by atomic mass is 79.9. The Morgan fingerprint density at radius 3 is 2.90 bits per heavy atom. The molecular weight excluding hydrogens is 318 g/mol. The van der Waals surface area contributed by atoms with Crippen LogP contribution < -0.4 is 5.32 Å². The lowest BCUT2D eigenvalue weighted by molar-refractivity contribution is 0.368. The van der Waals surface area contributed by atoms with Gasteiger partial charge in [0.15, 0.2) is 0 Å². The van der Waals surface area contributed by atoms with Crippen LogP contribution in [0.1, 0.15) is 31.7 Å². The predicted molar refractivity (Wildman–Crippen MR) is 83.6 cm³/mol. The van der Waals surface area contributed by atoms with Gasteiger partial charge in [-0.15, -0.1) is 0 Å². The van der Waals surface area contributed by atoms with Crippen LogP contribution in [0.5, 0.6) is 0 Å². The van der Waals surface area contributed by atoms with Crippen molar-refractivity contribution >= 4 is 15.9 Å². The summed E-state index contributed by atoms with van der Waals surface area (Å²) in [6.07, 6.45) is 1.79. The van der Waals surface area contributed by atoms with Gasteiger partial charge in [0, 0.05) is 22.5 Å². The summed E-state index contributed by atoms with van der Waals surface area (Å²) in [6, 6.07) is 6.57. The predicted octanol–water partition coefficient (Wildman–Crippen LogP) is 3.74. The Morgan fingerprint density at radius 1 is 1.40 bits per heavy atom. The smallest absolute Gasteiger partial charge is 0.227 e. The molecule has 2 rings (SSSR count). The summed E-state index contributed by atoms with van der Waals surface area (Å²) in [5.41, 5.74) is 2.16. The second-order valence-corrected chi connectivity index (χ2v) is 5.85. The molecule has 4 nitrogen and oxygen atoms in total. The molecule has 1 aromatic carbocycles. The molecule has 108 valence electrons. The summed E-state index contributed by atoms with van der Waals surface area (Å²) >= 11 is 3.54. The van der Waals surface area contributed by atoms with Crippen LogP contribution in [-0.2, 0) is 6.42 Å². The van der Waals surface area contributed by atoms with E-state index >= 15 is 0 Å². The van der Waals surface area contributed by atoms with Gasteiger partial charge in [-0.2, -0.15) is 4.98 Å². The van der Waals surface area contributed by atoms with Gasteiger partial charge in [-0.05, 0) is 44.5 Å². The summed E-state index contributed by atoms with van der Waals surface area (Å²) in [6.45, 7) is 7.30. The average molecular weight is 338 g/mol. The summed E-state index contributed by atoms with van der Waals surface area (Å²) in [7, 11) is 0. The van der Waals surface area contributed by atoms with Crippen molar-refractivity contribution in [1.29, 1.82) is 0 Å². The summed E-state index contributed by atoms with van der Waals surface area (Å²) in [5, 5.41) is 7.44. The van der Waals surface area contributed by atoms with Gasteiger partial charge >= 0.3 is 0 Å². The highest BCUT2D eigenvalue weighted by molar-refractivity contribution is 9.10. The number of hydrogen-bond donors (Lipinski definition) is 1. The normalized spacial score (nSPS) is 12.6. The molecule has 0 aliphatic carbocycles. The number of benzene rings is 1. The molecule has 1 atom stereocenters. The third-order valence-corrected chi connectivity index (χ3v) is 3.83. The molecule has 0 saturated heterocycles. The highest BCUT2D eigenvalue weighted by Gasteiger charge is 2.12. The minimum absolute atomic E-state index is 0.460.